The Labute approximate surface area is 175 Å². The maximum Gasteiger partial charge on any atom is 0.252 e. The molecule has 1 fully saturated rings. The molecule has 1 aromatic heterocycles. The summed E-state index contributed by atoms with van der Waals surface area (Å²) in [6.07, 6.45) is 2.09. The van der Waals surface area contributed by atoms with Gasteiger partial charge in [0.25, 0.3) is 10.0 Å². The van der Waals surface area contributed by atoms with E-state index < -0.39 is 19.9 Å². The first kappa shape index (κ1) is 21.9. The molecule has 2 heterocycles. The zero-order valence-corrected chi connectivity index (χ0v) is 18.7. The first-order valence-corrected chi connectivity index (χ1v) is 13.4. The Morgan fingerprint density at radius 1 is 1.10 bits per heavy atom. The first-order chi connectivity index (χ1) is 13.6. The molecule has 29 heavy (non-hydrogen) atoms. The topological polar surface area (TPSA) is 101 Å². The SMILES string of the molecule is CC(NC(=O)C1CCN(S(=O)(=O)c2cccs2)CC1)c1ccc(S(C)(=O)=O)cc1. The van der Waals surface area contributed by atoms with E-state index in [1.54, 1.807) is 29.6 Å². The molecule has 1 unspecified atom stereocenters. The molecule has 0 saturated carbocycles. The Morgan fingerprint density at radius 2 is 1.72 bits per heavy atom. The lowest BCUT2D eigenvalue weighted by Gasteiger charge is -2.30. The monoisotopic (exact) mass is 456 g/mol. The van der Waals surface area contributed by atoms with Crippen LogP contribution in [0.15, 0.2) is 50.9 Å². The number of sulfone groups is 1. The molecular formula is C19H24N2O5S3. The van der Waals surface area contributed by atoms with Crippen molar-refractivity contribution in [1.29, 1.82) is 0 Å². The van der Waals surface area contributed by atoms with Gasteiger partial charge in [0.15, 0.2) is 9.84 Å². The van der Waals surface area contributed by atoms with E-state index >= 15 is 0 Å². The van der Waals surface area contributed by atoms with E-state index in [0.29, 0.717) is 30.1 Å². The summed E-state index contributed by atoms with van der Waals surface area (Å²) in [5.41, 5.74) is 0.809. The average molecular weight is 457 g/mol. The molecule has 3 rings (SSSR count). The highest BCUT2D eigenvalue weighted by Gasteiger charge is 2.32. The molecule has 0 aliphatic carbocycles. The van der Waals surface area contributed by atoms with Crippen LogP contribution in [0.25, 0.3) is 0 Å². The number of nitrogens with one attached hydrogen (secondary N) is 1. The molecule has 7 nitrogen and oxygen atoms in total. The second-order valence-corrected chi connectivity index (χ2v) is 12.3. The van der Waals surface area contributed by atoms with Gasteiger partial charge >= 0.3 is 0 Å². The van der Waals surface area contributed by atoms with E-state index in [9.17, 15) is 21.6 Å². The fourth-order valence-corrected chi connectivity index (χ4v) is 6.56. The van der Waals surface area contributed by atoms with Gasteiger partial charge in [0.1, 0.15) is 4.21 Å². The van der Waals surface area contributed by atoms with Crippen molar-refractivity contribution in [3.8, 4) is 0 Å². The van der Waals surface area contributed by atoms with Gasteiger partial charge in [-0.3, -0.25) is 4.79 Å². The molecule has 1 aromatic carbocycles. The zero-order valence-electron chi connectivity index (χ0n) is 16.2. The van der Waals surface area contributed by atoms with Crippen molar-refractivity contribution >= 4 is 37.1 Å². The molecule has 158 valence electrons. The molecule has 1 aliphatic rings. The number of hydrogen-bond donors (Lipinski definition) is 1. The Morgan fingerprint density at radius 3 is 2.24 bits per heavy atom. The summed E-state index contributed by atoms with van der Waals surface area (Å²) >= 11 is 1.19. The number of amides is 1. The van der Waals surface area contributed by atoms with Crippen molar-refractivity contribution in [2.75, 3.05) is 19.3 Å². The van der Waals surface area contributed by atoms with E-state index in [2.05, 4.69) is 5.32 Å². The number of hydrogen-bond acceptors (Lipinski definition) is 6. The molecule has 1 atom stereocenters. The van der Waals surface area contributed by atoms with Gasteiger partial charge in [0.2, 0.25) is 5.91 Å². The van der Waals surface area contributed by atoms with Crippen LogP contribution in [0.4, 0.5) is 0 Å². The number of carbonyl (C=O) groups is 1. The second kappa shape index (κ2) is 8.55. The summed E-state index contributed by atoms with van der Waals surface area (Å²) in [4.78, 5) is 12.9. The lowest BCUT2D eigenvalue weighted by Crippen LogP contribution is -2.43. The summed E-state index contributed by atoms with van der Waals surface area (Å²) in [6, 6.07) is 9.47. The van der Waals surface area contributed by atoms with Gasteiger partial charge in [0.05, 0.1) is 10.9 Å². The molecule has 2 aromatic rings. The summed E-state index contributed by atoms with van der Waals surface area (Å²) in [7, 11) is -6.74. The summed E-state index contributed by atoms with van der Waals surface area (Å²) in [6.45, 7) is 2.47. The summed E-state index contributed by atoms with van der Waals surface area (Å²) < 4.78 is 50.0. The molecule has 0 radical (unpaired) electrons. The molecule has 0 bridgehead atoms. The molecule has 1 amide bonds. The Hall–Kier alpha value is -1.75. The normalized spacial score (nSPS) is 17.7. The predicted octanol–water partition coefficient (Wildman–Crippen LogP) is 2.43. The standard InChI is InChI=1S/C19H24N2O5S3/c1-14(15-5-7-17(8-6-15)28(2,23)24)20-19(22)16-9-11-21(12-10-16)29(25,26)18-4-3-13-27-18/h3-8,13-14,16H,9-12H2,1-2H3,(H,20,22). The zero-order chi connectivity index (χ0) is 21.2. The van der Waals surface area contributed by atoms with Gasteiger partial charge in [-0.25, -0.2) is 16.8 Å². The summed E-state index contributed by atoms with van der Waals surface area (Å²) in [5, 5.41) is 4.68. The fourth-order valence-electron chi connectivity index (χ4n) is 3.31. The third kappa shape index (κ3) is 5.06. The van der Waals surface area contributed by atoms with Gasteiger partial charge in [0, 0.05) is 25.3 Å². The minimum atomic E-state index is -3.48. The van der Waals surface area contributed by atoms with Crippen LogP contribution < -0.4 is 5.32 Å². The lowest BCUT2D eigenvalue weighted by atomic mass is 9.96. The highest BCUT2D eigenvalue weighted by Crippen LogP contribution is 2.27. The Bertz CT molecular complexity index is 1050. The van der Waals surface area contributed by atoms with E-state index in [4.69, 9.17) is 0 Å². The molecule has 1 aliphatic heterocycles. The molecule has 1 N–H and O–H groups in total. The van der Waals surface area contributed by atoms with Gasteiger partial charge in [-0.2, -0.15) is 4.31 Å². The van der Waals surface area contributed by atoms with Gasteiger partial charge in [-0.1, -0.05) is 18.2 Å². The second-order valence-electron chi connectivity index (χ2n) is 7.18. The third-order valence-corrected chi connectivity index (χ3v) is 9.48. The van der Waals surface area contributed by atoms with Crippen LogP contribution in [0, 0.1) is 5.92 Å². The van der Waals surface area contributed by atoms with E-state index in [1.165, 1.54) is 27.8 Å². The third-order valence-electron chi connectivity index (χ3n) is 5.08. The highest BCUT2D eigenvalue weighted by atomic mass is 32.2. The Kier molecular flexibility index (Phi) is 6.47. The van der Waals surface area contributed by atoms with E-state index in [0.717, 1.165) is 11.8 Å². The summed E-state index contributed by atoms with van der Waals surface area (Å²) in [5.74, 6) is -0.361. The smallest absolute Gasteiger partial charge is 0.252 e. The first-order valence-electron chi connectivity index (χ1n) is 9.23. The number of piperidine rings is 1. The van der Waals surface area contributed by atoms with E-state index in [-0.39, 0.29) is 22.8 Å². The van der Waals surface area contributed by atoms with Gasteiger partial charge in [-0.05, 0) is 48.9 Å². The van der Waals surface area contributed by atoms with Crippen LogP contribution >= 0.6 is 11.3 Å². The molecule has 1 saturated heterocycles. The maximum absolute atomic E-state index is 12.6. The number of nitrogens with zero attached hydrogens (tertiary/aromatic N) is 1. The Balaban J connectivity index is 1.57. The van der Waals surface area contributed by atoms with Crippen molar-refractivity contribution in [2.24, 2.45) is 5.92 Å². The quantitative estimate of drug-likeness (QED) is 0.720. The largest absolute Gasteiger partial charge is 0.349 e. The van der Waals surface area contributed by atoms with Crippen LogP contribution in [0.5, 0.6) is 0 Å². The lowest BCUT2D eigenvalue weighted by molar-refractivity contribution is -0.126. The van der Waals surface area contributed by atoms with Crippen molar-refractivity contribution in [1.82, 2.24) is 9.62 Å². The van der Waals surface area contributed by atoms with Crippen molar-refractivity contribution < 1.29 is 21.6 Å². The van der Waals surface area contributed by atoms with Crippen LogP contribution in [0.2, 0.25) is 0 Å². The van der Waals surface area contributed by atoms with Crippen LogP contribution in [-0.4, -0.2) is 46.4 Å². The molecule has 0 spiro atoms. The molecular weight excluding hydrogens is 432 g/mol. The number of benzene rings is 1. The fraction of sp³-hybridized carbons (Fsp3) is 0.421. The minimum absolute atomic E-state index is 0.113. The highest BCUT2D eigenvalue weighted by molar-refractivity contribution is 7.91. The minimum Gasteiger partial charge on any atom is -0.349 e. The maximum atomic E-state index is 12.6. The number of rotatable bonds is 6. The van der Waals surface area contributed by atoms with Crippen LogP contribution in [-0.2, 0) is 24.7 Å². The van der Waals surface area contributed by atoms with Crippen LogP contribution in [0.3, 0.4) is 0 Å². The van der Waals surface area contributed by atoms with Crippen molar-refractivity contribution in [3.05, 3.63) is 47.3 Å². The van der Waals surface area contributed by atoms with Gasteiger partial charge in [-0.15, -0.1) is 11.3 Å². The number of thiophene rings is 1. The number of sulfonamides is 1. The molecule has 10 heteroatoms. The van der Waals surface area contributed by atoms with E-state index in [1.807, 2.05) is 6.92 Å². The van der Waals surface area contributed by atoms with Crippen molar-refractivity contribution in [3.63, 3.8) is 0 Å². The van der Waals surface area contributed by atoms with Gasteiger partial charge < -0.3 is 5.32 Å². The van der Waals surface area contributed by atoms with Crippen LogP contribution in [0.1, 0.15) is 31.4 Å². The predicted molar refractivity (Wildman–Crippen MR) is 112 cm³/mol. The average Bonchev–Trinajstić information content (AvgIpc) is 3.23. The number of carbonyl (C=O) groups excluding carboxylic acids is 1. The van der Waals surface area contributed by atoms with Crippen molar-refractivity contribution in [2.45, 2.75) is 34.9 Å².